The number of nitrogens with zero attached hydrogens (tertiary/aromatic N) is 2. The highest BCUT2D eigenvalue weighted by atomic mass is 79.9. The van der Waals surface area contributed by atoms with E-state index < -0.39 is 21.0 Å². The van der Waals surface area contributed by atoms with E-state index in [9.17, 15) is 13.2 Å². The number of aromatic nitrogens is 2. The van der Waals surface area contributed by atoms with E-state index in [4.69, 9.17) is 16.0 Å². The predicted molar refractivity (Wildman–Crippen MR) is 113 cm³/mol. The molecule has 1 heterocycles. The molecule has 7 nitrogen and oxygen atoms in total. The van der Waals surface area contributed by atoms with Gasteiger partial charge in [-0.1, -0.05) is 44.8 Å². The van der Waals surface area contributed by atoms with E-state index in [2.05, 4.69) is 31.4 Å². The van der Waals surface area contributed by atoms with E-state index in [1.165, 1.54) is 0 Å². The Hall–Kier alpha value is -2.23. The average molecular weight is 499 g/mol. The van der Waals surface area contributed by atoms with Gasteiger partial charge in [0.2, 0.25) is 5.89 Å². The zero-order valence-electron chi connectivity index (χ0n) is 15.5. The van der Waals surface area contributed by atoms with Gasteiger partial charge in [0, 0.05) is 4.47 Å². The number of hydrogen-bond acceptors (Lipinski definition) is 6. The molecule has 0 spiro atoms. The van der Waals surface area contributed by atoms with Crippen LogP contribution in [0, 0.1) is 0 Å². The zero-order valence-corrected chi connectivity index (χ0v) is 18.7. The van der Waals surface area contributed by atoms with Crippen LogP contribution in [-0.2, 0) is 16.3 Å². The minimum Gasteiger partial charge on any atom is -0.407 e. The molecule has 3 rings (SSSR count). The number of anilines is 1. The summed E-state index contributed by atoms with van der Waals surface area (Å²) in [5.41, 5.74) is 1.06. The molecule has 0 saturated heterocycles. The SMILES string of the molecule is CC(C)S(=O)(=O)c1ccc(Cc2nnc(NC(=O)c3cc(Br)ccc3Cl)o2)cc1. The molecule has 0 bridgehead atoms. The largest absolute Gasteiger partial charge is 0.407 e. The van der Waals surface area contributed by atoms with Crippen molar-refractivity contribution in [1.82, 2.24) is 10.2 Å². The van der Waals surface area contributed by atoms with Gasteiger partial charge in [0.1, 0.15) is 0 Å². The first-order valence-electron chi connectivity index (χ1n) is 8.58. The van der Waals surface area contributed by atoms with Crippen LogP contribution >= 0.6 is 27.5 Å². The summed E-state index contributed by atoms with van der Waals surface area (Å²) in [6.45, 7) is 3.28. The Morgan fingerprint density at radius 2 is 1.86 bits per heavy atom. The first-order valence-corrected chi connectivity index (χ1v) is 11.3. The topological polar surface area (TPSA) is 102 Å². The highest BCUT2D eigenvalue weighted by molar-refractivity contribution is 9.10. The molecule has 0 unspecified atom stereocenters. The van der Waals surface area contributed by atoms with Gasteiger partial charge in [-0.3, -0.25) is 10.1 Å². The third kappa shape index (κ3) is 5.04. The molecule has 0 aliphatic carbocycles. The minimum atomic E-state index is -3.32. The highest BCUT2D eigenvalue weighted by Gasteiger charge is 2.19. The van der Waals surface area contributed by atoms with Gasteiger partial charge < -0.3 is 4.42 Å². The minimum absolute atomic E-state index is 0.0555. The van der Waals surface area contributed by atoms with E-state index in [1.807, 2.05) is 0 Å². The standard InChI is InChI=1S/C19H17BrClN3O4S/c1-11(2)29(26,27)14-6-3-12(4-7-14)9-17-23-24-19(28-17)22-18(25)15-10-13(20)5-8-16(15)21/h3-8,10-11H,9H2,1-2H3,(H,22,24,25). The van der Waals surface area contributed by atoms with Gasteiger partial charge in [0.05, 0.1) is 27.2 Å². The lowest BCUT2D eigenvalue weighted by atomic mass is 10.1. The molecule has 1 N–H and O–H groups in total. The van der Waals surface area contributed by atoms with Gasteiger partial charge >= 0.3 is 6.01 Å². The van der Waals surface area contributed by atoms with Gasteiger partial charge in [0.15, 0.2) is 9.84 Å². The van der Waals surface area contributed by atoms with Gasteiger partial charge in [-0.2, -0.15) is 0 Å². The van der Waals surface area contributed by atoms with Crippen molar-refractivity contribution in [1.29, 1.82) is 0 Å². The summed E-state index contributed by atoms with van der Waals surface area (Å²) in [5.74, 6) is -0.199. The van der Waals surface area contributed by atoms with Gasteiger partial charge in [-0.05, 0) is 49.7 Å². The zero-order chi connectivity index (χ0) is 21.2. The first kappa shape index (κ1) is 21.5. The van der Waals surface area contributed by atoms with Crippen molar-refractivity contribution in [3.8, 4) is 0 Å². The molecule has 0 radical (unpaired) electrons. The lowest BCUT2D eigenvalue weighted by Crippen LogP contribution is -2.13. The van der Waals surface area contributed by atoms with E-state index in [-0.39, 0.29) is 22.4 Å². The Labute approximate surface area is 181 Å². The Morgan fingerprint density at radius 3 is 2.52 bits per heavy atom. The van der Waals surface area contributed by atoms with E-state index in [0.717, 1.165) is 5.56 Å². The van der Waals surface area contributed by atoms with E-state index >= 15 is 0 Å². The Bertz CT molecular complexity index is 1140. The van der Waals surface area contributed by atoms with Gasteiger partial charge in [0.25, 0.3) is 5.91 Å². The summed E-state index contributed by atoms with van der Waals surface area (Å²) in [7, 11) is -3.32. The van der Waals surface area contributed by atoms with Crippen LogP contribution in [0.1, 0.15) is 35.7 Å². The molecule has 2 aromatic carbocycles. The normalized spacial score (nSPS) is 11.6. The average Bonchev–Trinajstić information content (AvgIpc) is 3.10. The van der Waals surface area contributed by atoms with Crippen molar-refractivity contribution in [3.05, 3.63) is 69.0 Å². The second-order valence-electron chi connectivity index (χ2n) is 6.49. The lowest BCUT2D eigenvalue weighted by Gasteiger charge is -2.08. The van der Waals surface area contributed by atoms with Crippen LogP contribution in [0.5, 0.6) is 0 Å². The van der Waals surface area contributed by atoms with Crippen LogP contribution in [0.2, 0.25) is 5.02 Å². The summed E-state index contributed by atoms with van der Waals surface area (Å²) in [6, 6.07) is 11.3. The molecule has 0 aliphatic rings. The summed E-state index contributed by atoms with van der Waals surface area (Å²) >= 11 is 9.33. The number of halogens is 2. The van der Waals surface area contributed by atoms with Crippen molar-refractivity contribution >= 4 is 49.3 Å². The quantitative estimate of drug-likeness (QED) is 0.536. The van der Waals surface area contributed by atoms with Gasteiger partial charge in [-0.25, -0.2) is 8.42 Å². The number of rotatable bonds is 6. The molecule has 0 saturated carbocycles. The van der Waals surface area contributed by atoms with Crippen LogP contribution in [-0.4, -0.2) is 29.8 Å². The lowest BCUT2D eigenvalue weighted by molar-refractivity contribution is 0.102. The number of carbonyl (C=O) groups is 1. The predicted octanol–water partition coefficient (Wildman–Crippen LogP) is 4.51. The molecule has 0 atom stereocenters. The van der Waals surface area contributed by atoms with Crippen molar-refractivity contribution < 1.29 is 17.6 Å². The molecular weight excluding hydrogens is 482 g/mol. The van der Waals surface area contributed by atoms with Crippen molar-refractivity contribution in [3.63, 3.8) is 0 Å². The van der Waals surface area contributed by atoms with Crippen LogP contribution in [0.3, 0.4) is 0 Å². The molecule has 0 aliphatic heterocycles. The van der Waals surface area contributed by atoms with Crippen molar-refractivity contribution in [2.45, 2.75) is 30.4 Å². The molecule has 10 heteroatoms. The fourth-order valence-electron chi connectivity index (χ4n) is 2.46. The molecule has 3 aromatic rings. The summed E-state index contributed by atoms with van der Waals surface area (Å²) in [5, 5.41) is 10.0. The smallest absolute Gasteiger partial charge is 0.322 e. The number of hydrogen-bond donors (Lipinski definition) is 1. The highest BCUT2D eigenvalue weighted by Crippen LogP contribution is 2.22. The molecule has 152 valence electrons. The first-order chi connectivity index (χ1) is 13.7. The Kier molecular flexibility index (Phi) is 6.40. The molecule has 29 heavy (non-hydrogen) atoms. The Balaban J connectivity index is 1.69. The third-order valence-electron chi connectivity index (χ3n) is 4.09. The van der Waals surface area contributed by atoms with Gasteiger partial charge in [-0.15, -0.1) is 5.10 Å². The fraction of sp³-hybridized carbons (Fsp3) is 0.211. The van der Waals surface area contributed by atoms with Crippen LogP contribution in [0.4, 0.5) is 6.01 Å². The molecule has 1 amide bonds. The van der Waals surface area contributed by atoms with Crippen LogP contribution in [0.25, 0.3) is 0 Å². The number of carbonyl (C=O) groups excluding carboxylic acids is 1. The number of amides is 1. The van der Waals surface area contributed by atoms with Crippen molar-refractivity contribution in [2.75, 3.05) is 5.32 Å². The summed E-state index contributed by atoms with van der Waals surface area (Å²) < 4.78 is 30.5. The monoisotopic (exact) mass is 497 g/mol. The maximum absolute atomic E-state index is 12.3. The maximum Gasteiger partial charge on any atom is 0.322 e. The summed E-state index contributed by atoms with van der Waals surface area (Å²) in [4.78, 5) is 12.6. The molecule has 0 fully saturated rings. The number of sulfone groups is 1. The maximum atomic E-state index is 12.3. The molecule has 1 aromatic heterocycles. The molecular formula is C19H17BrClN3O4S. The number of benzene rings is 2. The number of nitrogens with one attached hydrogen (secondary N) is 1. The second kappa shape index (κ2) is 8.64. The Morgan fingerprint density at radius 1 is 1.17 bits per heavy atom. The third-order valence-corrected chi connectivity index (χ3v) is 7.08. The summed E-state index contributed by atoms with van der Waals surface area (Å²) in [6.07, 6.45) is 0.294. The van der Waals surface area contributed by atoms with Crippen LogP contribution in [0.15, 0.2) is 56.2 Å². The van der Waals surface area contributed by atoms with Crippen molar-refractivity contribution in [2.24, 2.45) is 0 Å². The second-order valence-corrected chi connectivity index (χ2v) is 10.3. The van der Waals surface area contributed by atoms with Crippen LogP contribution < -0.4 is 5.32 Å². The fourth-order valence-corrected chi connectivity index (χ4v) is 4.08. The van der Waals surface area contributed by atoms with E-state index in [0.29, 0.717) is 15.9 Å². The van der Waals surface area contributed by atoms with E-state index in [1.54, 1.807) is 56.3 Å².